The summed E-state index contributed by atoms with van der Waals surface area (Å²) in [4.78, 5) is 0. The number of aliphatic hydroxyl groups excluding tert-OH is 2. The van der Waals surface area contributed by atoms with Gasteiger partial charge in [-0.05, 0) is 41.0 Å². The Labute approximate surface area is 135 Å². The van der Waals surface area contributed by atoms with Crippen LogP contribution in [-0.2, 0) is 13.2 Å². The molecule has 0 heterocycles. The van der Waals surface area contributed by atoms with Crippen molar-refractivity contribution in [3.8, 4) is 11.5 Å². The van der Waals surface area contributed by atoms with E-state index in [2.05, 4.69) is 0 Å². The van der Waals surface area contributed by atoms with Crippen LogP contribution < -0.4 is 15.2 Å². The maximum absolute atomic E-state index is 9.45. The van der Waals surface area contributed by atoms with Crippen molar-refractivity contribution >= 4 is 17.8 Å². The topological polar surface area (TPSA) is 84.9 Å². The second-order valence-electron chi connectivity index (χ2n) is 5.01. The van der Waals surface area contributed by atoms with E-state index in [1.807, 2.05) is 42.5 Å². The van der Waals surface area contributed by atoms with Gasteiger partial charge in [0.05, 0.1) is 33.1 Å². The number of benzene rings is 2. The van der Waals surface area contributed by atoms with Gasteiger partial charge in [0.15, 0.2) is 0 Å². The highest BCUT2D eigenvalue weighted by Crippen LogP contribution is 2.27. The average Bonchev–Trinajstić information content (AvgIpc) is 2.58. The van der Waals surface area contributed by atoms with E-state index < -0.39 is 0 Å². The van der Waals surface area contributed by atoms with Gasteiger partial charge in [-0.1, -0.05) is 18.2 Å². The Morgan fingerprint density at radius 3 is 2.17 bits per heavy atom. The van der Waals surface area contributed by atoms with Crippen molar-refractivity contribution in [2.75, 3.05) is 20.0 Å². The van der Waals surface area contributed by atoms with Crippen molar-refractivity contribution in [1.29, 1.82) is 0 Å². The molecular weight excluding hydrogens is 294 g/mol. The van der Waals surface area contributed by atoms with Gasteiger partial charge in [0.2, 0.25) is 0 Å². The van der Waals surface area contributed by atoms with Gasteiger partial charge in [0.1, 0.15) is 11.5 Å². The number of hydrogen-bond donors (Lipinski definition) is 3. The van der Waals surface area contributed by atoms with Crippen LogP contribution in [0.3, 0.4) is 0 Å². The van der Waals surface area contributed by atoms with E-state index >= 15 is 0 Å². The average molecular weight is 315 g/mol. The van der Waals surface area contributed by atoms with Crippen LogP contribution in [0.4, 0.5) is 5.69 Å². The molecule has 0 amide bonds. The van der Waals surface area contributed by atoms with Crippen molar-refractivity contribution in [3.63, 3.8) is 0 Å². The van der Waals surface area contributed by atoms with Crippen LogP contribution in [0.5, 0.6) is 11.5 Å². The molecule has 5 heteroatoms. The summed E-state index contributed by atoms with van der Waals surface area (Å²) >= 11 is 0. The fourth-order valence-electron chi connectivity index (χ4n) is 2.37. The molecule has 0 aliphatic heterocycles. The minimum atomic E-state index is -0.182. The highest BCUT2D eigenvalue weighted by Gasteiger charge is 2.09. The Morgan fingerprint density at radius 2 is 1.61 bits per heavy atom. The molecule has 0 radical (unpaired) electrons. The predicted molar refractivity (Wildman–Crippen MR) is 91.2 cm³/mol. The molecule has 0 fully saturated rings. The lowest BCUT2D eigenvalue weighted by Gasteiger charge is -2.12. The van der Waals surface area contributed by atoms with Gasteiger partial charge in [-0.25, -0.2) is 0 Å². The molecule has 0 spiro atoms. The Hall–Kier alpha value is -2.50. The van der Waals surface area contributed by atoms with Crippen LogP contribution in [0.1, 0.15) is 22.3 Å². The van der Waals surface area contributed by atoms with Gasteiger partial charge in [-0.3, -0.25) is 0 Å². The molecule has 2 aromatic rings. The zero-order valence-electron chi connectivity index (χ0n) is 13.2. The van der Waals surface area contributed by atoms with Gasteiger partial charge >= 0.3 is 0 Å². The molecule has 122 valence electrons. The fraction of sp³-hybridized carbons (Fsp3) is 0.222. The quantitative estimate of drug-likeness (QED) is 0.563. The van der Waals surface area contributed by atoms with Crippen LogP contribution in [0.25, 0.3) is 12.2 Å². The van der Waals surface area contributed by atoms with Crippen LogP contribution >= 0.6 is 0 Å². The van der Waals surface area contributed by atoms with E-state index in [0.717, 1.165) is 11.1 Å². The molecule has 4 N–H and O–H groups in total. The number of hydrogen-bond acceptors (Lipinski definition) is 5. The Morgan fingerprint density at radius 1 is 0.913 bits per heavy atom. The fourth-order valence-corrected chi connectivity index (χ4v) is 2.37. The summed E-state index contributed by atoms with van der Waals surface area (Å²) in [6.45, 7) is -0.346. The van der Waals surface area contributed by atoms with Crippen LogP contribution in [0.2, 0.25) is 0 Å². The summed E-state index contributed by atoms with van der Waals surface area (Å²) in [5, 5.41) is 18.9. The number of rotatable bonds is 6. The zero-order valence-corrected chi connectivity index (χ0v) is 13.2. The molecule has 0 saturated carbocycles. The van der Waals surface area contributed by atoms with Crippen LogP contribution in [0.15, 0.2) is 30.3 Å². The van der Waals surface area contributed by atoms with Crippen molar-refractivity contribution in [2.24, 2.45) is 0 Å². The molecule has 5 nitrogen and oxygen atoms in total. The standard InChI is InChI=1S/C18H21NO4/c1-22-17-6-5-12(8-16(17)19)3-4-13-7-14(10-20)15(11-21)18(9-13)23-2/h3-9,20-21H,10-11,19H2,1-2H3/b4-3-. The van der Waals surface area contributed by atoms with Crippen LogP contribution in [-0.4, -0.2) is 24.4 Å². The van der Waals surface area contributed by atoms with Gasteiger partial charge in [-0.2, -0.15) is 0 Å². The van der Waals surface area contributed by atoms with Crippen molar-refractivity contribution in [1.82, 2.24) is 0 Å². The minimum Gasteiger partial charge on any atom is -0.496 e. The minimum absolute atomic E-state index is 0.163. The number of aliphatic hydroxyl groups is 2. The predicted octanol–water partition coefficient (Wildman–Crippen LogP) is 2.44. The molecule has 2 aromatic carbocycles. The van der Waals surface area contributed by atoms with E-state index in [1.54, 1.807) is 7.11 Å². The normalized spacial score (nSPS) is 11.0. The van der Waals surface area contributed by atoms with E-state index in [0.29, 0.717) is 28.3 Å². The third-order valence-corrected chi connectivity index (χ3v) is 3.59. The molecule has 0 aliphatic rings. The molecule has 0 unspecified atom stereocenters. The maximum Gasteiger partial charge on any atom is 0.141 e. The molecule has 0 atom stereocenters. The Bertz CT molecular complexity index is 685. The zero-order chi connectivity index (χ0) is 16.8. The lowest BCUT2D eigenvalue weighted by atomic mass is 10.0. The molecule has 0 aromatic heterocycles. The van der Waals surface area contributed by atoms with E-state index in [9.17, 15) is 10.2 Å². The maximum atomic E-state index is 9.45. The lowest BCUT2D eigenvalue weighted by molar-refractivity contribution is 0.254. The Kier molecular flexibility index (Phi) is 5.62. The number of nitrogen functional groups attached to an aromatic ring is 1. The molecular formula is C18H21NO4. The highest BCUT2D eigenvalue weighted by atomic mass is 16.5. The van der Waals surface area contributed by atoms with E-state index in [1.165, 1.54) is 7.11 Å². The first-order valence-electron chi connectivity index (χ1n) is 7.16. The summed E-state index contributed by atoms with van der Waals surface area (Å²) in [7, 11) is 3.11. The third-order valence-electron chi connectivity index (χ3n) is 3.59. The first-order valence-corrected chi connectivity index (χ1v) is 7.16. The monoisotopic (exact) mass is 315 g/mol. The van der Waals surface area contributed by atoms with Crippen molar-refractivity contribution < 1.29 is 19.7 Å². The summed E-state index contributed by atoms with van der Waals surface area (Å²) in [6.07, 6.45) is 3.80. The smallest absolute Gasteiger partial charge is 0.141 e. The van der Waals surface area contributed by atoms with E-state index in [4.69, 9.17) is 15.2 Å². The van der Waals surface area contributed by atoms with Gasteiger partial charge < -0.3 is 25.4 Å². The number of anilines is 1. The lowest BCUT2D eigenvalue weighted by Crippen LogP contribution is -1.99. The first kappa shape index (κ1) is 16.9. The second kappa shape index (κ2) is 7.67. The summed E-state index contributed by atoms with van der Waals surface area (Å²) in [5.41, 5.74) is 9.48. The number of methoxy groups -OCH3 is 2. The summed E-state index contributed by atoms with van der Waals surface area (Å²) in [5.74, 6) is 1.19. The largest absolute Gasteiger partial charge is 0.496 e. The third kappa shape index (κ3) is 3.83. The second-order valence-corrected chi connectivity index (χ2v) is 5.01. The van der Waals surface area contributed by atoms with Crippen LogP contribution in [0, 0.1) is 0 Å². The number of ether oxygens (including phenoxy) is 2. The van der Waals surface area contributed by atoms with E-state index in [-0.39, 0.29) is 13.2 Å². The molecule has 0 bridgehead atoms. The Balaban J connectivity index is 2.34. The summed E-state index contributed by atoms with van der Waals surface area (Å²) < 4.78 is 10.4. The molecule has 0 aliphatic carbocycles. The van der Waals surface area contributed by atoms with Gasteiger partial charge in [0.25, 0.3) is 0 Å². The molecule has 23 heavy (non-hydrogen) atoms. The molecule has 0 saturated heterocycles. The first-order chi connectivity index (χ1) is 11.1. The highest BCUT2D eigenvalue weighted by molar-refractivity contribution is 5.73. The van der Waals surface area contributed by atoms with Crippen molar-refractivity contribution in [2.45, 2.75) is 13.2 Å². The SMILES string of the molecule is COc1ccc(/C=C\c2cc(CO)c(CO)c(OC)c2)cc1N. The van der Waals surface area contributed by atoms with Gasteiger partial charge in [-0.15, -0.1) is 0 Å². The summed E-state index contributed by atoms with van der Waals surface area (Å²) in [6, 6.07) is 9.16. The van der Waals surface area contributed by atoms with Gasteiger partial charge in [0, 0.05) is 5.56 Å². The number of nitrogens with two attached hydrogens (primary N) is 1. The molecule has 2 rings (SSSR count). The van der Waals surface area contributed by atoms with Crippen molar-refractivity contribution in [3.05, 3.63) is 52.6 Å².